The summed E-state index contributed by atoms with van der Waals surface area (Å²) in [5.41, 5.74) is 0.868. The number of benzene rings is 2. The van der Waals surface area contributed by atoms with E-state index in [4.69, 9.17) is 0 Å². The van der Waals surface area contributed by atoms with E-state index in [1.807, 2.05) is 0 Å². The Morgan fingerprint density at radius 1 is 1.00 bits per heavy atom. The first-order valence-electron chi connectivity index (χ1n) is 6.76. The van der Waals surface area contributed by atoms with Crippen LogP contribution in [0.3, 0.4) is 0 Å². The van der Waals surface area contributed by atoms with Crippen molar-refractivity contribution in [2.45, 2.75) is 11.3 Å². The van der Waals surface area contributed by atoms with Crippen molar-refractivity contribution >= 4 is 15.7 Å². The minimum absolute atomic E-state index is 0.128. The molecular formula is C16H16FNO3S. The molecule has 0 radical (unpaired) electrons. The molecule has 0 aliphatic heterocycles. The monoisotopic (exact) mass is 321 g/mol. The molecule has 0 fully saturated rings. The maximum absolute atomic E-state index is 12.7. The summed E-state index contributed by atoms with van der Waals surface area (Å²) in [5.74, 6) is -1.45. The number of hydrogen-bond donors (Lipinski definition) is 1. The summed E-state index contributed by atoms with van der Waals surface area (Å²) >= 11 is 0. The second kappa shape index (κ2) is 7.17. The Kier molecular flexibility index (Phi) is 5.27. The van der Waals surface area contributed by atoms with Crippen molar-refractivity contribution in [1.82, 2.24) is 5.32 Å². The molecule has 0 heterocycles. The van der Waals surface area contributed by atoms with Gasteiger partial charge in [0.25, 0.3) is 0 Å². The van der Waals surface area contributed by atoms with Crippen LogP contribution < -0.4 is 5.32 Å². The first kappa shape index (κ1) is 16.2. The van der Waals surface area contributed by atoms with Gasteiger partial charge in [-0.1, -0.05) is 30.3 Å². The summed E-state index contributed by atoms with van der Waals surface area (Å²) in [7, 11) is -3.62. The Bertz CT molecular complexity index is 728. The number of nitrogens with one attached hydrogen (secondary N) is 1. The van der Waals surface area contributed by atoms with E-state index in [2.05, 4.69) is 5.32 Å². The molecule has 2 aromatic carbocycles. The highest BCUT2D eigenvalue weighted by Crippen LogP contribution is 2.09. The summed E-state index contributed by atoms with van der Waals surface area (Å²) in [4.78, 5) is 11.9. The van der Waals surface area contributed by atoms with Gasteiger partial charge in [0.2, 0.25) is 5.91 Å². The molecule has 0 saturated carbocycles. The quantitative estimate of drug-likeness (QED) is 0.884. The highest BCUT2D eigenvalue weighted by Gasteiger charge is 2.18. The molecule has 1 amide bonds. The lowest BCUT2D eigenvalue weighted by Gasteiger charge is -2.06. The molecule has 0 bridgehead atoms. The summed E-state index contributed by atoms with van der Waals surface area (Å²) in [6.07, 6.45) is 0.511. The van der Waals surface area contributed by atoms with Crippen molar-refractivity contribution in [1.29, 1.82) is 0 Å². The van der Waals surface area contributed by atoms with Gasteiger partial charge in [-0.2, -0.15) is 0 Å². The molecular weight excluding hydrogens is 305 g/mol. The van der Waals surface area contributed by atoms with E-state index in [-0.39, 0.29) is 10.7 Å². The third-order valence-corrected chi connectivity index (χ3v) is 4.71. The zero-order valence-electron chi connectivity index (χ0n) is 11.8. The van der Waals surface area contributed by atoms with Crippen LogP contribution in [-0.4, -0.2) is 26.6 Å². The minimum atomic E-state index is -3.62. The highest BCUT2D eigenvalue weighted by atomic mass is 32.2. The minimum Gasteiger partial charge on any atom is -0.355 e. The van der Waals surface area contributed by atoms with Gasteiger partial charge in [0, 0.05) is 6.54 Å². The fraction of sp³-hybridized carbons (Fsp3) is 0.188. The van der Waals surface area contributed by atoms with Crippen molar-refractivity contribution in [3.63, 3.8) is 0 Å². The van der Waals surface area contributed by atoms with Crippen LogP contribution in [0.2, 0.25) is 0 Å². The second-order valence-electron chi connectivity index (χ2n) is 4.80. The normalized spacial score (nSPS) is 11.1. The Balaban J connectivity index is 1.84. The van der Waals surface area contributed by atoms with Crippen molar-refractivity contribution in [3.8, 4) is 0 Å². The number of hydrogen-bond acceptors (Lipinski definition) is 3. The van der Waals surface area contributed by atoms with Crippen LogP contribution in [0.5, 0.6) is 0 Å². The van der Waals surface area contributed by atoms with Crippen LogP contribution in [0.1, 0.15) is 5.56 Å². The molecule has 0 saturated heterocycles. The predicted octanol–water partition coefficient (Wildman–Crippen LogP) is 1.96. The Labute approximate surface area is 128 Å². The summed E-state index contributed by atoms with van der Waals surface area (Å²) in [6.45, 7) is 0.300. The van der Waals surface area contributed by atoms with Crippen LogP contribution >= 0.6 is 0 Å². The summed E-state index contributed by atoms with van der Waals surface area (Å²) < 4.78 is 36.8. The lowest BCUT2D eigenvalue weighted by atomic mass is 10.1. The van der Waals surface area contributed by atoms with E-state index in [1.165, 1.54) is 24.3 Å². The third-order valence-electron chi connectivity index (χ3n) is 3.07. The number of halogens is 1. The SMILES string of the molecule is O=C(CS(=O)(=O)c1ccccc1)NCCc1ccc(F)cc1. The Morgan fingerprint density at radius 3 is 2.27 bits per heavy atom. The van der Waals surface area contributed by atoms with Gasteiger partial charge in [-0.15, -0.1) is 0 Å². The average molecular weight is 321 g/mol. The van der Waals surface area contributed by atoms with Crippen LogP contribution in [0, 0.1) is 5.82 Å². The van der Waals surface area contributed by atoms with Gasteiger partial charge in [0.05, 0.1) is 4.90 Å². The number of carbonyl (C=O) groups is 1. The van der Waals surface area contributed by atoms with Gasteiger partial charge >= 0.3 is 0 Å². The van der Waals surface area contributed by atoms with Crippen LogP contribution in [-0.2, 0) is 21.1 Å². The maximum Gasteiger partial charge on any atom is 0.235 e. The lowest BCUT2D eigenvalue weighted by molar-refractivity contribution is -0.118. The summed E-state index contributed by atoms with van der Waals surface area (Å²) in [6, 6.07) is 13.8. The van der Waals surface area contributed by atoms with Gasteiger partial charge in [-0.05, 0) is 36.2 Å². The fourth-order valence-corrected chi connectivity index (χ4v) is 3.12. The van der Waals surface area contributed by atoms with Crippen molar-refractivity contribution in [2.24, 2.45) is 0 Å². The molecule has 2 rings (SSSR count). The molecule has 6 heteroatoms. The van der Waals surface area contributed by atoms with Gasteiger partial charge in [-0.25, -0.2) is 12.8 Å². The fourth-order valence-electron chi connectivity index (χ4n) is 1.93. The Hall–Kier alpha value is -2.21. The molecule has 116 valence electrons. The molecule has 4 nitrogen and oxygen atoms in total. The third kappa shape index (κ3) is 4.66. The number of rotatable bonds is 6. The van der Waals surface area contributed by atoms with Crippen LogP contribution in [0.4, 0.5) is 4.39 Å². The first-order chi connectivity index (χ1) is 10.5. The maximum atomic E-state index is 12.7. The molecule has 22 heavy (non-hydrogen) atoms. The van der Waals surface area contributed by atoms with Crippen LogP contribution in [0.25, 0.3) is 0 Å². The van der Waals surface area contributed by atoms with Crippen molar-refractivity contribution < 1.29 is 17.6 Å². The summed E-state index contributed by atoms with van der Waals surface area (Å²) in [5, 5.41) is 2.56. The number of carbonyl (C=O) groups excluding carboxylic acids is 1. The number of sulfone groups is 1. The van der Waals surface area contributed by atoms with Crippen LogP contribution in [0.15, 0.2) is 59.5 Å². The first-order valence-corrected chi connectivity index (χ1v) is 8.41. The molecule has 1 N–H and O–H groups in total. The topological polar surface area (TPSA) is 63.2 Å². The standard InChI is InChI=1S/C16H16FNO3S/c17-14-8-6-13(7-9-14)10-11-18-16(19)12-22(20,21)15-4-2-1-3-5-15/h1-9H,10-12H2,(H,18,19). The average Bonchev–Trinajstić information content (AvgIpc) is 2.50. The lowest BCUT2D eigenvalue weighted by Crippen LogP contribution is -2.31. The largest absolute Gasteiger partial charge is 0.355 e. The van der Waals surface area contributed by atoms with E-state index < -0.39 is 21.5 Å². The molecule has 0 aliphatic rings. The smallest absolute Gasteiger partial charge is 0.235 e. The Morgan fingerprint density at radius 2 is 1.64 bits per heavy atom. The van der Waals surface area contributed by atoms with Gasteiger partial charge in [0.15, 0.2) is 9.84 Å². The zero-order valence-corrected chi connectivity index (χ0v) is 12.6. The van der Waals surface area contributed by atoms with E-state index in [0.29, 0.717) is 13.0 Å². The molecule has 0 atom stereocenters. The number of amides is 1. The second-order valence-corrected chi connectivity index (χ2v) is 6.79. The van der Waals surface area contributed by atoms with E-state index in [0.717, 1.165) is 5.56 Å². The molecule has 2 aromatic rings. The highest BCUT2D eigenvalue weighted by molar-refractivity contribution is 7.92. The van der Waals surface area contributed by atoms with Crippen molar-refractivity contribution in [3.05, 3.63) is 66.0 Å². The van der Waals surface area contributed by atoms with E-state index in [1.54, 1.807) is 30.3 Å². The molecule has 0 aromatic heterocycles. The van der Waals surface area contributed by atoms with Gasteiger partial charge in [0.1, 0.15) is 11.6 Å². The molecule has 0 spiro atoms. The van der Waals surface area contributed by atoms with Gasteiger partial charge < -0.3 is 5.32 Å². The van der Waals surface area contributed by atoms with Gasteiger partial charge in [-0.3, -0.25) is 4.79 Å². The predicted molar refractivity (Wildman–Crippen MR) is 81.6 cm³/mol. The van der Waals surface area contributed by atoms with E-state index >= 15 is 0 Å². The zero-order chi connectivity index (χ0) is 16.0. The van der Waals surface area contributed by atoms with Crippen molar-refractivity contribution in [2.75, 3.05) is 12.3 Å². The van der Waals surface area contributed by atoms with E-state index in [9.17, 15) is 17.6 Å². The molecule has 0 aliphatic carbocycles. The molecule has 0 unspecified atom stereocenters.